The number of amides is 1. The molecule has 0 bridgehead atoms. The molecule has 0 unspecified atom stereocenters. The van der Waals surface area contributed by atoms with Crippen LogP contribution in [0.15, 0.2) is 48.9 Å². The molecule has 3 heterocycles. The molecular weight excluding hydrogens is 359 g/mol. The Morgan fingerprint density at radius 3 is 2.64 bits per heavy atom. The predicted octanol–water partition coefficient (Wildman–Crippen LogP) is 2.78. The number of pyridine rings is 2. The van der Waals surface area contributed by atoms with Crippen LogP contribution in [0.2, 0.25) is 0 Å². The van der Waals surface area contributed by atoms with Gasteiger partial charge in [-0.15, -0.1) is 0 Å². The van der Waals surface area contributed by atoms with Crippen molar-refractivity contribution in [3.8, 4) is 22.3 Å². The second-order valence-corrected chi connectivity index (χ2v) is 6.33. The van der Waals surface area contributed by atoms with E-state index in [0.717, 1.165) is 5.56 Å². The van der Waals surface area contributed by atoms with Crippen molar-refractivity contribution in [2.24, 2.45) is 7.05 Å². The molecule has 0 aliphatic rings. The highest BCUT2D eigenvalue weighted by atomic mass is 19.1. The number of aromatic nitrogens is 4. The van der Waals surface area contributed by atoms with E-state index >= 15 is 0 Å². The zero-order valence-electron chi connectivity index (χ0n) is 15.3. The first-order chi connectivity index (χ1) is 13.5. The Morgan fingerprint density at radius 2 is 1.96 bits per heavy atom. The summed E-state index contributed by atoms with van der Waals surface area (Å²) in [5.74, 6) is -0.501. The number of hydrogen-bond donors (Lipinski definition) is 2. The molecule has 0 aliphatic carbocycles. The minimum absolute atomic E-state index is 0.217. The molecule has 0 atom stereocenters. The van der Waals surface area contributed by atoms with Gasteiger partial charge in [-0.1, -0.05) is 12.1 Å². The third-order valence-corrected chi connectivity index (χ3v) is 4.52. The molecule has 28 heavy (non-hydrogen) atoms. The van der Waals surface area contributed by atoms with E-state index < -0.39 is 5.82 Å². The van der Waals surface area contributed by atoms with Crippen LogP contribution in [0.3, 0.4) is 0 Å². The first-order valence-electron chi connectivity index (χ1n) is 8.54. The largest absolute Gasteiger partial charge is 0.383 e. The molecule has 0 fully saturated rings. The highest BCUT2D eigenvalue weighted by molar-refractivity contribution is 6.02. The number of halogens is 1. The van der Waals surface area contributed by atoms with E-state index in [2.05, 4.69) is 20.4 Å². The average Bonchev–Trinajstić information content (AvgIpc) is 3.14. The lowest BCUT2D eigenvalue weighted by Gasteiger charge is -2.11. The minimum Gasteiger partial charge on any atom is -0.383 e. The Kier molecular flexibility index (Phi) is 4.23. The number of anilines is 1. The zero-order chi connectivity index (χ0) is 19.8. The van der Waals surface area contributed by atoms with Crippen LogP contribution in [-0.2, 0) is 7.05 Å². The smallest absolute Gasteiger partial charge is 0.269 e. The highest BCUT2D eigenvalue weighted by Gasteiger charge is 2.16. The summed E-state index contributed by atoms with van der Waals surface area (Å²) in [6.45, 7) is 0. The fourth-order valence-electron chi connectivity index (χ4n) is 3.07. The SMILES string of the molecule is CNC(=O)c1ccc2c(N)ncc(-c3ccc(-c4cnn(C)c4)cc3F)c2n1. The summed E-state index contributed by atoms with van der Waals surface area (Å²) in [7, 11) is 3.32. The van der Waals surface area contributed by atoms with Gasteiger partial charge in [-0.3, -0.25) is 9.48 Å². The maximum absolute atomic E-state index is 15.0. The lowest BCUT2D eigenvalue weighted by atomic mass is 10.00. The van der Waals surface area contributed by atoms with Gasteiger partial charge in [-0.05, 0) is 23.8 Å². The Balaban J connectivity index is 1.88. The van der Waals surface area contributed by atoms with Gasteiger partial charge in [0.15, 0.2) is 0 Å². The number of fused-ring (bicyclic) bond motifs is 1. The van der Waals surface area contributed by atoms with Gasteiger partial charge in [0.05, 0.1) is 11.7 Å². The van der Waals surface area contributed by atoms with E-state index in [4.69, 9.17) is 5.73 Å². The third kappa shape index (κ3) is 2.94. The molecule has 3 aromatic heterocycles. The van der Waals surface area contributed by atoms with Gasteiger partial charge < -0.3 is 11.1 Å². The maximum Gasteiger partial charge on any atom is 0.269 e. The number of nitrogen functional groups attached to an aromatic ring is 1. The summed E-state index contributed by atoms with van der Waals surface area (Å²) >= 11 is 0. The monoisotopic (exact) mass is 376 g/mol. The normalized spacial score (nSPS) is 11.0. The lowest BCUT2D eigenvalue weighted by molar-refractivity contribution is 0.0958. The number of benzene rings is 1. The lowest BCUT2D eigenvalue weighted by Crippen LogP contribution is -2.19. The first kappa shape index (κ1) is 17.6. The number of hydrogen-bond acceptors (Lipinski definition) is 5. The van der Waals surface area contributed by atoms with E-state index in [1.165, 1.54) is 19.3 Å². The zero-order valence-corrected chi connectivity index (χ0v) is 15.3. The fraction of sp³-hybridized carbons (Fsp3) is 0.100. The molecule has 3 N–H and O–H groups in total. The van der Waals surface area contributed by atoms with Gasteiger partial charge in [0.2, 0.25) is 0 Å². The summed E-state index contributed by atoms with van der Waals surface area (Å²) in [5, 5.41) is 7.20. The average molecular weight is 376 g/mol. The van der Waals surface area contributed by atoms with Crippen molar-refractivity contribution in [2.45, 2.75) is 0 Å². The van der Waals surface area contributed by atoms with Crippen molar-refractivity contribution < 1.29 is 9.18 Å². The van der Waals surface area contributed by atoms with Crippen LogP contribution in [0.5, 0.6) is 0 Å². The standard InChI is InChI=1S/C20H17FN6O/c1-23-20(28)17-6-5-14-18(26-17)15(9-24-19(14)22)13-4-3-11(7-16(13)21)12-8-25-27(2)10-12/h3-10H,1-2H3,(H2,22,24)(H,23,28). The minimum atomic E-state index is -0.429. The number of rotatable bonds is 3. The molecule has 0 radical (unpaired) electrons. The molecule has 0 aliphatic heterocycles. The van der Waals surface area contributed by atoms with E-state index in [-0.39, 0.29) is 17.4 Å². The predicted molar refractivity (Wildman–Crippen MR) is 105 cm³/mol. The van der Waals surface area contributed by atoms with Crippen LogP contribution in [-0.4, -0.2) is 32.7 Å². The van der Waals surface area contributed by atoms with Crippen molar-refractivity contribution in [1.82, 2.24) is 25.1 Å². The number of nitrogens with zero attached hydrogens (tertiary/aromatic N) is 4. The molecule has 1 aromatic carbocycles. The Morgan fingerprint density at radius 1 is 1.14 bits per heavy atom. The van der Waals surface area contributed by atoms with Crippen LogP contribution >= 0.6 is 0 Å². The van der Waals surface area contributed by atoms with Crippen molar-refractivity contribution in [2.75, 3.05) is 12.8 Å². The van der Waals surface area contributed by atoms with Crippen molar-refractivity contribution >= 4 is 22.6 Å². The quantitative estimate of drug-likeness (QED) is 0.573. The van der Waals surface area contributed by atoms with Crippen LogP contribution in [0.25, 0.3) is 33.2 Å². The summed E-state index contributed by atoms with van der Waals surface area (Å²) in [4.78, 5) is 20.5. The number of aryl methyl sites for hydroxylation is 1. The molecule has 7 nitrogen and oxygen atoms in total. The van der Waals surface area contributed by atoms with E-state index in [0.29, 0.717) is 27.6 Å². The van der Waals surface area contributed by atoms with Gasteiger partial charge in [-0.2, -0.15) is 5.10 Å². The van der Waals surface area contributed by atoms with E-state index in [1.807, 2.05) is 6.20 Å². The summed E-state index contributed by atoms with van der Waals surface area (Å²) in [6.07, 6.45) is 4.96. The van der Waals surface area contributed by atoms with Crippen molar-refractivity contribution in [3.63, 3.8) is 0 Å². The van der Waals surface area contributed by atoms with Crippen molar-refractivity contribution in [3.05, 3.63) is 60.4 Å². The number of nitrogens with one attached hydrogen (secondary N) is 1. The second-order valence-electron chi connectivity index (χ2n) is 6.33. The van der Waals surface area contributed by atoms with Crippen LogP contribution in [0.4, 0.5) is 10.2 Å². The Labute approximate surface area is 160 Å². The van der Waals surface area contributed by atoms with E-state index in [1.54, 1.807) is 42.2 Å². The first-order valence-corrected chi connectivity index (χ1v) is 8.54. The topological polar surface area (TPSA) is 98.7 Å². The third-order valence-electron chi connectivity index (χ3n) is 4.52. The van der Waals surface area contributed by atoms with E-state index in [9.17, 15) is 9.18 Å². The molecule has 0 saturated heterocycles. The molecule has 0 spiro atoms. The van der Waals surface area contributed by atoms with Gasteiger partial charge in [0, 0.05) is 48.6 Å². The van der Waals surface area contributed by atoms with Gasteiger partial charge in [0.1, 0.15) is 17.3 Å². The summed E-state index contributed by atoms with van der Waals surface area (Å²) in [5.41, 5.74) is 8.89. The molecule has 1 amide bonds. The fourth-order valence-corrected chi connectivity index (χ4v) is 3.07. The highest BCUT2D eigenvalue weighted by Crippen LogP contribution is 2.33. The maximum atomic E-state index is 15.0. The molecule has 0 saturated carbocycles. The second kappa shape index (κ2) is 6.73. The van der Waals surface area contributed by atoms with Gasteiger partial charge >= 0.3 is 0 Å². The number of nitrogens with two attached hydrogens (primary N) is 1. The van der Waals surface area contributed by atoms with Gasteiger partial charge in [-0.25, -0.2) is 14.4 Å². The van der Waals surface area contributed by atoms with Crippen LogP contribution < -0.4 is 11.1 Å². The van der Waals surface area contributed by atoms with Crippen LogP contribution in [0, 0.1) is 5.82 Å². The van der Waals surface area contributed by atoms with Crippen molar-refractivity contribution in [1.29, 1.82) is 0 Å². The molecular formula is C20H17FN6O. The number of carbonyl (C=O) groups excluding carboxylic acids is 1. The van der Waals surface area contributed by atoms with Crippen LogP contribution in [0.1, 0.15) is 10.5 Å². The number of carbonyl (C=O) groups is 1. The summed E-state index contributed by atoms with van der Waals surface area (Å²) < 4.78 is 16.6. The molecule has 4 aromatic rings. The Hall–Kier alpha value is -3.81. The summed E-state index contributed by atoms with van der Waals surface area (Å²) in [6, 6.07) is 8.14. The Bertz CT molecular complexity index is 1220. The molecule has 140 valence electrons. The van der Waals surface area contributed by atoms with Gasteiger partial charge in [0.25, 0.3) is 5.91 Å². The molecule has 8 heteroatoms. The molecule has 4 rings (SSSR count).